The van der Waals surface area contributed by atoms with Crippen LogP contribution in [0.3, 0.4) is 0 Å². The quantitative estimate of drug-likeness (QED) is 0.682. The standard InChI is InChI=1S/C10H20OS/c1-8(2)10(11)7-12-6-5-9(10,3)4/h8,11H,5-7H2,1-4H3. The molecule has 1 rings (SSSR count). The van der Waals surface area contributed by atoms with Crippen LogP contribution in [0, 0.1) is 11.3 Å². The van der Waals surface area contributed by atoms with Crippen molar-refractivity contribution in [1.82, 2.24) is 0 Å². The van der Waals surface area contributed by atoms with Crippen molar-refractivity contribution in [3.05, 3.63) is 0 Å². The summed E-state index contributed by atoms with van der Waals surface area (Å²) in [6.45, 7) is 8.61. The summed E-state index contributed by atoms with van der Waals surface area (Å²) in [6.07, 6.45) is 1.13. The Morgan fingerprint density at radius 1 is 1.33 bits per heavy atom. The van der Waals surface area contributed by atoms with Gasteiger partial charge in [-0.05, 0) is 23.5 Å². The molecule has 1 heterocycles. The predicted octanol–water partition coefficient (Wildman–Crippen LogP) is 2.54. The lowest BCUT2D eigenvalue weighted by molar-refractivity contribution is -0.0873. The molecule has 0 radical (unpaired) electrons. The molecular formula is C10H20OS. The summed E-state index contributed by atoms with van der Waals surface area (Å²) in [5.74, 6) is 2.46. The predicted molar refractivity (Wildman–Crippen MR) is 55.5 cm³/mol. The van der Waals surface area contributed by atoms with Crippen LogP contribution in [0.1, 0.15) is 34.1 Å². The van der Waals surface area contributed by atoms with Crippen molar-refractivity contribution in [2.24, 2.45) is 11.3 Å². The largest absolute Gasteiger partial charge is 0.388 e. The first kappa shape index (κ1) is 10.4. The van der Waals surface area contributed by atoms with E-state index in [0.717, 1.165) is 12.2 Å². The Morgan fingerprint density at radius 2 is 1.92 bits per heavy atom. The molecule has 72 valence electrons. The van der Waals surface area contributed by atoms with E-state index in [-0.39, 0.29) is 5.41 Å². The molecule has 1 saturated heterocycles. The molecule has 2 heteroatoms. The zero-order valence-electron chi connectivity index (χ0n) is 8.55. The summed E-state index contributed by atoms with van der Waals surface area (Å²) >= 11 is 1.88. The van der Waals surface area contributed by atoms with Gasteiger partial charge in [0, 0.05) is 5.75 Å². The van der Waals surface area contributed by atoms with Crippen LogP contribution >= 0.6 is 11.8 Å². The van der Waals surface area contributed by atoms with Crippen LogP contribution in [0.2, 0.25) is 0 Å². The molecule has 1 aliphatic heterocycles. The second-order valence-electron chi connectivity index (χ2n) is 4.77. The molecule has 1 N–H and O–H groups in total. The number of hydrogen-bond donors (Lipinski definition) is 1. The van der Waals surface area contributed by atoms with Crippen LogP contribution in [-0.2, 0) is 0 Å². The van der Waals surface area contributed by atoms with Gasteiger partial charge in [-0.3, -0.25) is 0 Å². The van der Waals surface area contributed by atoms with E-state index < -0.39 is 5.60 Å². The van der Waals surface area contributed by atoms with Crippen molar-refractivity contribution in [3.63, 3.8) is 0 Å². The van der Waals surface area contributed by atoms with E-state index in [1.165, 1.54) is 5.75 Å². The van der Waals surface area contributed by atoms with Gasteiger partial charge in [-0.25, -0.2) is 0 Å². The monoisotopic (exact) mass is 188 g/mol. The third-order valence-electron chi connectivity index (χ3n) is 3.32. The first-order valence-corrected chi connectivity index (χ1v) is 5.86. The van der Waals surface area contributed by atoms with E-state index in [4.69, 9.17) is 0 Å². The molecule has 1 aliphatic rings. The molecule has 1 fully saturated rings. The minimum Gasteiger partial charge on any atom is -0.388 e. The van der Waals surface area contributed by atoms with Crippen LogP contribution in [0.25, 0.3) is 0 Å². The van der Waals surface area contributed by atoms with Crippen molar-refractivity contribution in [3.8, 4) is 0 Å². The molecule has 0 aliphatic carbocycles. The Hall–Kier alpha value is 0.310. The van der Waals surface area contributed by atoms with Crippen LogP contribution in [-0.4, -0.2) is 22.2 Å². The summed E-state index contributed by atoms with van der Waals surface area (Å²) < 4.78 is 0. The summed E-state index contributed by atoms with van der Waals surface area (Å²) in [5.41, 5.74) is -0.373. The van der Waals surface area contributed by atoms with Gasteiger partial charge in [0.15, 0.2) is 0 Å². The van der Waals surface area contributed by atoms with Gasteiger partial charge in [-0.1, -0.05) is 27.7 Å². The van der Waals surface area contributed by atoms with Crippen molar-refractivity contribution in [2.45, 2.75) is 39.7 Å². The fraction of sp³-hybridized carbons (Fsp3) is 1.00. The van der Waals surface area contributed by atoms with Gasteiger partial charge >= 0.3 is 0 Å². The number of rotatable bonds is 1. The SMILES string of the molecule is CC(C)C1(O)CSCCC1(C)C. The lowest BCUT2D eigenvalue weighted by Crippen LogP contribution is -2.53. The summed E-state index contributed by atoms with van der Waals surface area (Å²) in [6, 6.07) is 0. The molecule has 1 atom stereocenters. The number of hydrogen-bond acceptors (Lipinski definition) is 2. The lowest BCUT2D eigenvalue weighted by Gasteiger charge is -2.48. The van der Waals surface area contributed by atoms with Gasteiger partial charge in [0.25, 0.3) is 0 Å². The summed E-state index contributed by atoms with van der Waals surface area (Å²) in [7, 11) is 0. The molecule has 1 unspecified atom stereocenters. The Labute approximate surface area is 79.9 Å². The third kappa shape index (κ3) is 1.51. The normalized spacial score (nSPS) is 35.5. The molecule has 0 spiro atoms. The van der Waals surface area contributed by atoms with Crippen LogP contribution in [0.5, 0.6) is 0 Å². The molecule has 1 nitrogen and oxygen atoms in total. The van der Waals surface area contributed by atoms with Crippen molar-refractivity contribution in [2.75, 3.05) is 11.5 Å². The molecule has 0 aromatic carbocycles. The fourth-order valence-corrected chi connectivity index (χ4v) is 3.75. The zero-order chi connectivity index (χ0) is 9.41. The molecule has 0 aromatic heterocycles. The average Bonchev–Trinajstić information content (AvgIpc) is 1.95. The lowest BCUT2D eigenvalue weighted by atomic mass is 9.68. The Balaban J connectivity index is 2.84. The van der Waals surface area contributed by atoms with Gasteiger partial charge in [0.05, 0.1) is 5.60 Å². The van der Waals surface area contributed by atoms with E-state index in [1.807, 2.05) is 11.8 Å². The van der Waals surface area contributed by atoms with E-state index >= 15 is 0 Å². The number of thioether (sulfide) groups is 1. The highest BCUT2D eigenvalue weighted by Gasteiger charge is 2.47. The summed E-state index contributed by atoms with van der Waals surface area (Å²) in [5, 5.41) is 10.5. The minimum atomic E-state index is -0.462. The van der Waals surface area contributed by atoms with Gasteiger partial charge in [-0.15, -0.1) is 0 Å². The van der Waals surface area contributed by atoms with Gasteiger partial charge < -0.3 is 5.11 Å². The minimum absolute atomic E-state index is 0.0897. The van der Waals surface area contributed by atoms with Crippen molar-refractivity contribution < 1.29 is 5.11 Å². The van der Waals surface area contributed by atoms with Crippen molar-refractivity contribution >= 4 is 11.8 Å². The highest BCUT2D eigenvalue weighted by molar-refractivity contribution is 7.99. The Kier molecular flexibility index (Phi) is 2.79. The molecular weight excluding hydrogens is 168 g/mol. The summed E-state index contributed by atoms with van der Waals surface area (Å²) in [4.78, 5) is 0. The maximum absolute atomic E-state index is 10.5. The van der Waals surface area contributed by atoms with Gasteiger partial charge in [-0.2, -0.15) is 11.8 Å². The average molecular weight is 188 g/mol. The fourth-order valence-electron chi connectivity index (χ4n) is 1.92. The van der Waals surface area contributed by atoms with Crippen LogP contribution in [0.4, 0.5) is 0 Å². The van der Waals surface area contributed by atoms with Crippen LogP contribution in [0.15, 0.2) is 0 Å². The Morgan fingerprint density at radius 3 is 2.25 bits per heavy atom. The van der Waals surface area contributed by atoms with Crippen molar-refractivity contribution in [1.29, 1.82) is 0 Å². The van der Waals surface area contributed by atoms with Gasteiger partial charge in [0.1, 0.15) is 0 Å². The van der Waals surface area contributed by atoms with E-state index in [0.29, 0.717) is 5.92 Å². The maximum Gasteiger partial charge on any atom is 0.0811 e. The molecule has 0 bridgehead atoms. The second-order valence-corrected chi connectivity index (χ2v) is 5.87. The van der Waals surface area contributed by atoms with Gasteiger partial charge in [0.2, 0.25) is 0 Å². The zero-order valence-corrected chi connectivity index (χ0v) is 9.37. The molecule has 0 saturated carbocycles. The van der Waals surface area contributed by atoms with E-state index in [2.05, 4.69) is 27.7 Å². The maximum atomic E-state index is 10.5. The first-order chi connectivity index (χ1) is 5.40. The molecule has 0 aromatic rings. The first-order valence-electron chi connectivity index (χ1n) is 4.70. The second kappa shape index (κ2) is 3.22. The third-order valence-corrected chi connectivity index (χ3v) is 4.46. The highest BCUT2D eigenvalue weighted by atomic mass is 32.2. The van der Waals surface area contributed by atoms with E-state index in [9.17, 15) is 5.11 Å². The Bertz CT molecular complexity index is 165. The van der Waals surface area contributed by atoms with Crippen LogP contribution < -0.4 is 0 Å². The molecule has 0 amide bonds. The smallest absolute Gasteiger partial charge is 0.0811 e. The topological polar surface area (TPSA) is 20.2 Å². The molecule has 12 heavy (non-hydrogen) atoms. The number of aliphatic hydroxyl groups is 1. The highest BCUT2D eigenvalue weighted by Crippen LogP contribution is 2.46. The van der Waals surface area contributed by atoms with E-state index in [1.54, 1.807) is 0 Å².